The van der Waals surface area contributed by atoms with Crippen LogP contribution in [0.15, 0.2) is 30.6 Å². The van der Waals surface area contributed by atoms with Crippen LogP contribution < -0.4 is 0 Å². The first-order chi connectivity index (χ1) is 11.1. The van der Waals surface area contributed by atoms with E-state index >= 15 is 0 Å². The third-order valence-electron chi connectivity index (χ3n) is 4.17. The average Bonchev–Trinajstić information content (AvgIpc) is 2.78. The van der Waals surface area contributed by atoms with Crippen LogP contribution in [0.3, 0.4) is 0 Å². The van der Waals surface area contributed by atoms with Gasteiger partial charge in [-0.1, -0.05) is 12.1 Å². The van der Waals surface area contributed by atoms with Crippen LogP contribution in [0.5, 0.6) is 0 Å². The van der Waals surface area contributed by atoms with Crippen molar-refractivity contribution in [3.63, 3.8) is 0 Å². The molecule has 0 aliphatic carbocycles. The Labute approximate surface area is 141 Å². The number of para-hydroxylation sites is 2. The van der Waals surface area contributed by atoms with Crippen molar-refractivity contribution in [2.75, 3.05) is 38.7 Å². The van der Waals surface area contributed by atoms with Crippen molar-refractivity contribution >= 4 is 28.7 Å². The molecule has 124 valence electrons. The molecule has 1 saturated heterocycles. The summed E-state index contributed by atoms with van der Waals surface area (Å²) in [7, 11) is 4.14. The summed E-state index contributed by atoms with van der Waals surface area (Å²) in [5.41, 5.74) is 1.96. The summed E-state index contributed by atoms with van der Waals surface area (Å²) >= 11 is 1.96. The second-order valence-electron chi connectivity index (χ2n) is 6.29. The summed E-state index contributed by atoms with van der Waals surface area (Å²) in [6.45, 7) is 2.15. The minimum Gasteiger partial charge on any atom is -0.336 e. The molecule has 1 aromatic carbocycles. The number of thioether (sulfide) groups is 1. The van der Waals surface area contributed by atoms with Crippen molar-refractivity contribution in [3.8, 4) is 0 Å². The zero-order valence-corrected chi connectivity index (χ0v) is 14.6. The van der Waals surface area contributed by atoms with Gasteiger partial charge >= 0.3 is 0 Å². The Morgan fingerprint density at radius 3 is 3.04 bits per heavy atom. The molecule has 0 bridgehead atoms. The molecule has 0 N–H and O–H groups in total. The average molecular weight is 332 g/mol. The quantitative estimate of drug-likeness (QED) is 0.858. The maximum Gasteiger partial charge on any atom is 0.242 e. The smallest absolute Gasteiger partial charge is 0.242 e. The Kier molecular flexibility index (Phi) is 5.23. The molecule has 6 heteroatoms. The van der Waals surface area contributed by atoms with Crippen molar-refractivity contribution in [2.24, 2.45) is 0 Å². The molecule has 1 atom stereocenters. The second-order valence-corrected chi connectivity index (χ2v) is 7.44. The fourth-order valence-corrected chi connectivity index (χ4v) is 4.16. The van der Waals surface area contributed by atoms with Crippen LogP contribution in [0.4, 0.5) is 0 Å². The number of imidazole rings is 1. The van der Waals surface area contributed by atoms with Crippen molar-refractivity contribution in [2.45, 2.75) is 19.0 Å². The van der Waals surface area contributed by atoms with Crippen LogP contribution in [-0.2, 0) is 11.3 Å². The Balaban J connectivity index is 1.76. The molecule has 1 unspecified atom stereocenters. The zero-order chi connectivity index (χ0) is 16.2. The minimum absolute atomic E-state index is 0.197. The summed E-state index contributed by atoms with van der Waals surface area (Å²) in [4.78, 5) is 21.5. The molecule has 5 nitrogen and oxygen atoms in total. The topological polar surface area (TPSA) is 41.4 Å². The van der Waals surface area contributed by atoms with Crippen LogP contribution in [0, 0.1) is 0 Å². The third kappa shape index (κ3) is 3.87. The Bertz CT molecular complexity index is 669. The maximum absolute atomic E-state index is 12.9. The van der Waals surface area contributed by atoms with E-state index in [9.17, 15) is 4.79 Å². The van der Waals surface area contributed by atoms with Crippen LogP contribution >= 0.6 is 11.8 Å². The van der Waals surface area contributed by atoms with Gasteiger partial charge in [-0.05, 0) is 38.4 Å². The lowest BCUT2D eigenvalue weighted by Gasteiger charge is -2.32. The Morgan fingerprint density at radius 1 is 1.39 bits per heavy atom. The van der Waals surface area contributed by atoms with Gasteiger partial charge in [0.15, 0.2) is 0 Å². The molecule has 0 radical (unpaired) electrons. The van der Waals surface area contributed by atoms with Gasteiger partial charge in [0.25, 0.3) is 0 Å². The molecule has 0 spiro atoms. The van der Waals surface area contributed by atoms with E-state index in [0.717, 1.165) is 42.0 Å². The Morgan fingerprint density at radius 2 is 2.22 bits per heavy atom. The fourth-order valence-electron chi connectivity index (χ4n) is 3.10. The number of fused-ring (bicyclic) bond motifs is 1. The number of carbonyl (C=O) groups excluding carboxylic acids is 1. The molecule has 23 heavy (non-hydrogen) atoms. The van der Waals surface area contributed by atoms with E-state index in [1.165, 1.54) is 0 Å². The molecular weight excluding hydrogens is 308 g/mol. The van der Waals surface area contributed by atoms with E-state index in [1.807, 2.05) is 40.6 Å². The molecule has 2 aromatic rings. The number of hydrogen-bond acceptors (Lipinski definition) is 4. The Hall–Kier alpha value is -1.53. The number of carbonyl (C=O) groups is 1. The van der Waals surface area contributed by atoms with Crippen molar-refractivity contribution in [3.05, 3.63) is 30.6 Å². The first kappa shape index (κ1) is 16.3. The molecule has 1 fully saturated rings. The molecule has 1 amide bonds. The molecular formula is C17H24N4OS. The highest BCUT2D eigenvalue weighted by Crippen LogP contribution is 2.18. The highest BCUT2D eigenvalue weighted by molar-refractivity contribution is 7.99. The van der Waals surface area contributed by atoms with Gasteiger partial charge in [0.2, 0.25) is 5.91 Å². The maximum atomic E-state index is 12.9. The van der Waals surface area contributed by atoms with Gasteiger partial charge in [-0.25, -0.2) is 4.98 Å². The van der Waals surface area contributed by atoms with E-state index in [0.29, 0.717) is 12.6 Å². The number of likely N-dealkylation sites (N-methyl/N-ethyl adjacent to an activating group) is 1. The lowest BCUT2D eigenvalue weighted by Crippen LogP contribution is -2.47. The van der Waals surface area contributed by atoms with E-state index in [2.05, 4.69) is 28.9 Å². The first-order valence-electron chi connectivity index (χ1n) is 8.07. The summed E-state index contributed by atoms with van der Waals surface area (Å²) < 4.78 is 1.96. The van der Waals surface area contributed by atoms with Gasteiger partial charge in [0, 0.05) is 18.8 Å². The minimum atomic E-state index is 0.197. The zero-order valence-electron chi connectivity index (χ0n) is 13.8. The van der Waals surface area contributed by atoms with Crippen LogP contribution in [0.25, 0.3) is 11.0 Å². The number of rotatable bonds is 4. The third-order valence-corrected chi connectivity index (χ3v) is 5.37. The van der Waals surface area contributed by atoms with Crippen LogP contribution in [-0.4, -0.2) is 70.0 Å². The summed E-state index contributed by atoms with van der Waals surface area (Å²) in [5, 5.41) is 0. The highest BCUT2D eigenvalue weighted by Gasteiger charge is 2.26. The summed E-state index contributed by atoms with van der Waals surface area (Å²) in [6, 6.07) is 8.25. The lowest BCUT2D eigenvalue weighted by atomic mass is 10.2. The fraction of sp³-hybridized carbons (Fsp3) is 0.529. The summed E-state index contributed by atoms with van der Waals surface area (Å²) in [5.74, 6) is 2.36. The van der Waals surface area contributed by atoms with Gasteiger partial charge in [0.05, 0.1) is 23.4 Å². The number of hydrogen-bond donors (Lipinski definition) is 0. The van der Waals surface area contributed by atoms with Crippen molar-refractivity contribution < 1.29 is 4.79 Å². The van der Waals surface area contributed by atoms with Gasteiger partial charge in [-0.3, -0.25) is 4.79 Å². The van der Waals surface area contributed by atoms with E-state index < -0.39 is 0 Å². The van der Waals surface area contributed by atoms with E-state index in [-0.39, 0.29) is 5.91 Å². The number of benzene rings is 1. The SMILES string of the molecule is CN(C)CC1CSCCCN1C(=O)Cn1cnc2ccccc21. The van der Waals surface area contributed by atoms with Crippen molar-refractivity contribution in [1.82, 2.24) is 19.4 Å². The van der Waals surface area contributed by atoms with Gasteiger partial charge in [0.1, 0.15) is 6.54 Å². The largest absolute Gasteiger partial charge is 0.336 e. The second kappa shape index (κ2) is 7.36. The van der Waals surface area contributed by atoms with Crippen LogP contribution in [0.1, 0.15) is 6.42 Å². The van der Waals surface area contributed by atoms with E-state index in [1.54, 1.807) is 6.33 Å². The predicted octanol–water partition coefficient (Wildman–Crippen LogP) is 1.93. The molecule has 2 heterocycles. The number of aromatic nitrogens is 2. The van der Waals surface area contributed by atoms with E-state index in [4.69, 9.17) is 0 Å². The normalized spacial score (nSPS) is 19.3. The molecule has 1 aliphatic rings. The predicted molar refractivity (Wildman–Crippen MR) is 95.7 cm³/mol. The molecule has 1 aromatic heterocycles. The van der Waals surface area contributed by atoms with Gasteiger partial charge in [-0.2, -0.15) is 11.8 Å². The molecule has 3 rings (SSSR count). The lowest BCUT2D eigenvalue weighted by molar-refractivity contribution is -0.133. The monoisotopic (exact) mass is 332 g/mol. The van der Waals surface area contributed by atoms with Gasteiger partial charge in [-0.15, -0.1) is 0 Å². The molecule has 0 saturated carbocycles. The van der Waals surface area contributed by atoms with Crippen molar-refractivity contribution in [1.29, 1.82) is 0 Å². The number of amides is 1. The van der Waals surface area contributed by atoms with Gasteiger partial charge < -0.3 is 14.4 Å². The standard InChI is InChI=1S/C17H24N4OS/c1-19(2)10-14-12-23-9-5-8-21(14)17(22)11-20-13-18-15-6-3-4-7-16(15)20/h3-4,6-7,13-14H,5,8-12H2,1-2H3. The highest BCUT2D eigenvalue weighted by atomic mass is 32.2. The molecule has 1 aliphatic heterocycles. The first-order valence-corrected chi connectivity index (χ1v) is 9.22. The van der Waals surface area contributed by atoms with Crippen LogP contribution in [0.2, 0.25) is 0 Å². The summed E-state index contributed by atoms with van der Waals surface area (Å²) in [6.07, 6.45) is 2.85. The number of nitrogens with zero attached hydrogens (tertiary/aromatic N) is 4.